The van der Waals surface area contributed by atoms with Crippen molar-refractivity contribution in [2.45, 2.75) is 25.4 Å². The molecule has 2 aromatic rings. The largest absolute Gasteiger partial charge is 0.482 e. The van der Waals surface area contributed by atoms with E-state index < -0.39 is 5.97 Å². The summed E-state index contributed by atoms with van der Waals surface area (Å²) in [5.74, 6) is -0.340. The molecule has 27 heavy (non-hydrogen) atoms. The summed E-state index contributed by atoms with van der Waals surface area (Å²) in [5.41, 5.74) is 2.95. The lowest BCUT2D eigenvalue weighted by atomic mass is 10.0. The Labute approximate surface area is 158 Å². The molecule has 3 heterocycles. The zero-order valence-corrected chi connectivity index (χ0v) is 15.3. The van der Waals surface area contributed by atoms with Gasteiger partial charge in [-0.1, -0.05) is 6.07 Å². The second-order valence-corrected chi connectivity index (χ2v) is 7.20. The Hall–Kier alpha value is -2.51. The van der Waals surface area contributed by atoms with Gasteiger partial charge in [0.15, 0.2) is 6.61 Å². The molecule has 0 saturated carbocycles. The highest BCUT2D eigenvalue weighted by Gasteiger charge is 2.30. The average molecular weight is 368 g/mol. The van der Waals surface area contributed by atoms with E-state index in [-0.39, 0.29) is 6.61 Å². The third-order valence-electron chi connectivity index (χ3n) is 5.37. The number of hydrogen-bond donors (Lipinski definition) is 1. The topological polar surface area (TPSA) is 78.8 Å². The Kier molecular flexibility index (Phi) is 5.31. The summed E-state index contributed by atoms with van der Waals surface area (Å²) in [7, 11) is 0. The van der Waals surface area contributed by atoms with Gasteiger partial charge < -0.3 is 9.84 Å². The number of carboxylic acid groups (broad SMARTS) is 1. The maximum atomic E-state index is 10.9. The highest BCUT2D eigenvalue weighted by Crippen LogP contribution is 2.29. The van der Waals surface area contributed by atoms with Crippen molar-refractivity contribution in [1.82, 2.24) is 19.8 Å². The molecule has 0 spiro atoms. The van der Waals surface area contributed by atoms with E-state index in [1.54, 1.807) is 12.4 Å². The molecular weight excluding hydrogens is 344 g/mol. The minimum Gasteiger partial charge on any atom is -0.482 e. The zero-order valence-electron chi connectivity index (χ0n) is 15.3. The Morgan fingerprint density at radius 1 is 1.19 bits per heavy atom. The molecular formula is C20H24N4O3. The van der Waals surface area contributed by atoms with Crippen LogP contribution in [0.4, 0.5) is 0 Å². The summed E-state index contributed by atoms with van der Waals surface area (Å²) in [4.78, 5) is 24.1. The first-order chi connectivity index (χ1) is 13.2. The summed E-state index contributed by atoms with van der Waals surface area (Å²) >= 11 is 0. The highest BCUT2D eigenvalue weighted by molar-refractivity contribution is 5.69. The van der Waals surface area contributed by atoms with E-state index in [1.165, 1.54) is 25.7 Å². The molecule has 0 bridgehead atoms. The number of aliphatic carboxylic acids is 1. The van der Waals surface area contributed by atoms with E-state index in [1.807, 2.05) is 12.1 Å². The number of rotatable bonds is 6. The maximum absolute atomic E-state index is 10.9. The Morgan fingerprint density at radius 3 is 2.85 bits per heavy atom. The number of carboxylic acids is 1. The molecule has 1 aromatic heterocycles. The van der Waals surface area contributed by atoms with Gasteiger partial charge in [0, 0.05) is 55.7 Å². The van der Waals surface area contributed by atoms with Gasteiger partial charge >= 0.3 is 5.97 Å². The van der Waals surface area contributed by atoms with Crippen LogP contribution in [0, 0.1) is 0 Å². The van der Waals surface area contributed by atoms with Crippen LogP contribution in [0.5, 0.6) is 5.75 Å². The number of hydrogen-bond acceptors (Lipinski definition) is 6. The first-order valence-corrected chi connectivity index (χ1v) is 9.38. The van der Waals surface area contributed by atoms with E-state index in [0.29, 0.717) is 11.8 Å². The fourth-order valence-electron chi connectivity index (χ4n) is 4.05. The molecule has 1 unspecified atom stereocenters. The number of nitrogens with zero attached hydrogens (tertiary/aromatic N) is 4. The van der Waals surface area contributed by atoms with Crippen LogP contribution in [0.1, 0.15) is 18.4 Å². The Balaban J connectivity index is 1.56. The van der Waals surface area contributed by atoms with Crippen LogP contribution in [0.25, 0.3) is 11.1 Å². The van der Waals surface area contributed by atoms with Crippen molar-refractivity contribution in [3.63, 3.8) is 0 Å². The minimum absolute atomic E-state index is 0.336. The first kappa shape index (κ1) is 17.9. The molecule has 2 aliphatic rings. The van der Waals surface area contributed by atoms with Crippen LogP contribution < -0.4 is 4.74 Å². The molecule has 2 saturated heterocycles. The number of piperazine rings is 1. The van der Waals surface area contributed by atoms with Gasteiger partial charge in [0.2, 0.25) is 0 Å². The van der Waals surface area contributed by atoms with Crippen LogP contribution in [0.3, 0.4) is 0 Å². The Morgan fingerprint density at radius 2 is 2.04 bits per heavy atom. The van der Waals surface area contributed by atoms with Crippen LogP contribution in [0.2, 0.25) is 0 Å². The number of ether oxygens (including phenoxy) is 1. The SMILES string of the molecule is O=C(O)COc1ccc(-c2cncnc2)cc1CN1CCN2CCCC2C1. The van der Waals surface area contributed by atoms with Crippen molar-refractivity contribution >= 4 is 5.97 Å². The van der Waals surface area contributed by atoms with Crippen LogP contribution >= 0.6 is 0 Å². The van der Waals surface area contributed by atoms with Gasteiger partial charge in [0.25, 0.3) is 0 Å². The summed E-state index contributed by atoms with van der Waals surface area (Å²) < 4.78 is 5.55. The number of benzene rings is 1. The number of aromatic nitrogens is 2. The molecule has 4 rings (SSSR count). The third-order valence-corrected chi connectivity index (χ3v) is 5.37. The minimum atomic E-state index is -0.971. The first-order valence-electron chi connectivity index (χ1n) is 9.38. The summed E-state index contributed by atoms with van der Waals surface area (Å²) in [6, 6.07) is 6.49. The monoisotopic (exact) mass is 368 g/mol. The lowest BCUT2D eigenvalue weighted by Gasteiger charge is -2.37. The zero-order chi connectivity index (χ0) is 18.6. The van der Waals surface area contributed by atoms with Crippen LogP contribution in [-0.2, 0) is 11.3 Å². The maximum Gasteiger partial charge on any atom is 0.341 e. The molecule has 2 fully saturated rings. The van der Waals surface area contributed by atoms with Gasteiger partial charge in [-0.25, -0.2) is 14.8 Å². The molecule has 7 nitrogen and oxygen atoms in total. The van der Waals surface area contributed by atoms with Gasteiger partial charge in [-0.2, -0.15) is 0 Å². The summed E-state index contributed by atoms with van der Waals surface area (Å²) in [6.07, 6.45) is 7.62. The van der Waals surface area contributed by atoms with Gasteiger partial charge in [0.05, 0.1) is 0 Å². The molecule has 0 radical (unpaired) electrons. The molecule has 1 atom stereocenters. The quantitative estimate of drug-likeness (QED) is 0.834. The van der Waals surface area contributed by atoms with E-state index in [0.717, 1.165) is 42.9 Å². The molecule has 2 aliphatic heterocycles. The van der Waals surface area contributed by atoms with E-state index in [2.05, 4.69) is 25.8 Å². The van der Waals surface area contributed by atoms with Gasteiger partial charge in [-0.3, -0.25) is 9.80 Å². The molecule has 1 aromatic carbocycles. The van der Waals surface area contributed by atoms with E-state index in [9.17, 15) is 4.79 Å². The molecule has 1 N–H and O–H groups in total. The van der Waals surface area contributed by atoms with Gasteiger partial charge in [0.1, 0.15) is 12.1 Å². The summed E-state index contributed by atoms with van der Waals surface area (Å²) in [6.45, 7) is 4.81. The molecule has 7 heteroatoms. The van der Waals surface area contributed by atoms with Crippen molar-refractivity contribution in [2.75, 3.05) is 32.8 Å². The Bertz CT molecular complexity index is 799. The molecule has 0 amide bonds. The molecule has 142 valence electrons. The highest BCUT2D eigenvalue weighted by atomic mass is 16.5. The van der Waals surface area contributed by atoms with Crippen molar-refractivity contribution in [3.05, 3.63) is 42.5 Å². The second-order valence-electron chi connectivity index (χ2n) is 7.20. The predicted molar refractivity (Wildman–Crippen MR) is 100 cm³/mol. The number of carbonyl (C=O) groups is 1. The lowest BCUT2D eigenvalue weighted by molar-refractivity contribution is -0.139. The van der Waals surface area contributed by atoms with E-state index >= 15 is 0 Å². The van der Waals surface area contributed by atoms with Gasteiger partial charge in [-0.05, 0) is 37.1 Å². The van der Waals surface area contributed by atoms with Gasteiger partial charge in [-0.15, -0.1) is 0 Å². The van der Waals surface area contributed by atoms with Crippen LogP contribution in [-0.4, -0.2) is 69.7 Å². The average Bonchev–Trinajstić information content (AvgIpc) is 3.15. The van der Waals surface area contributed by atoms with E-state index in [4.69, 9.17) is 9.84 Å². The normalized spacial score (nSPS) is 20.4. The standard InChI is InChI=1S/C20H24N4O3/c25-20(26)13-27-19-4-3-15(17-9-21-14-22-10-17)8-16(19)11-23-6-7-24-5-1-2-18(24)12-23/h3-4,8-10,14,18H,1-2,5-7,11-13H2,(H,25,26). The number of fused-ring (bicyclic) bond motifs is 1. The fraction of sp³-hybridized carbons (Fsp3) is 0.450. The summed E-state index contributed by atoms with van der Waals surface area (Å²) in [5, 5.41) is 8.96. The van der Waals surface area contributed by atoms with Crippen LogP contribution in [0.15, 0.2) is 36.9 Å². The van der Waals surface area contributed by atoms with Crippen molar-refractivity contribution < 1.29 is 14.6 Å². The smallest absolute Gasteiger partial charge is 0.341 e. The van der Waals surface area contributed by atoms with Crippen molar-refractivity contribution in [1.29, 1.82) is 0 Å². The fourth-order valence-corrected chi connectivity index (χ4v) is 4.05. The predicted octanol–water partition coefficient (Wildman–Crippen LogP) is 1.89. The molecule has 0 aliphatic carbocycles. The van der Waals surface area contributed by atoms with Crippen molar-refractivity contribution in [3.8, 4) is 16.9 Å². The second kappa shape index (κ2) is 8.02. The van der Waals surface area contributed by atoms with Crippen molar-refractivity contribution in [2.24, 2.45) is 0 Å². The lowest BCUT2D eigenvalue weighted by Crippen LogP contribution is -2.49. The third kappa shape index (κ3) is 4.26.